The average molecular weight is 645 g/mol. The van der Waals surface area contributed by atoms with Crippen molar-refractivity contribution in [2.24, 2.45) is 45.3 Å². The fraction of sp³-hybridized carbons (Fsp3) is 0.950. The SMILES string of the molecule is CCCCCCCOC(=O)CC(=O)O[C@@H]1CC[C@]2(C)[C@H]3CC[C@@H]4[C@@H]([C@]5(C)CC[C@H](C(C)(C)O)O5)CC[C@@]4(C)[C@]3(C)CC[C@H]2C1(C)C. The molecule has 4 aliphatic carbocycles. The number of hydrogen-bond donors (Lipinski definition) is 1. The predicted molar refractivity (Wildman–Crippen MR) is 182 cm³/mol. The van der Waals surface area contributed by atoms with Crippen molar-refractivity contribution in [3.8, 4) is 0 Å². The number of esters is 2. The van der Waals surface area contributed by atoms with E-state index in [1.54, 1.807) is 0 Å². The van der Waals surface area contributed by atoms with Gasteiger partial charge in [-0.1, -0.05) is 67.2 Å². The highest BCUT2D eigenvalue weighted by Gasteiger charge is 2.70. The Morgan fingerprint density at radius 3 is 2.13 bits per heavy atom. The van der Waals surface area contributed by atoms with Crippen LogP contribution in [0.2, 0.25) is 0 Å². The molecule has 0 aromatic rings. The van der Waals surface area contributed by atoms with Crippen LogP contribution in [0.3, 0.4) is 0 Å². The van der Waals surface area contributed by atoms with E-state index in [2.05, 4.69) is 48.5 Å². The summed E-state index contributed by atoms with van der Waals surface area (Å²) < 4.78 is 18.3. The fourth-order valence-corrected chi connectivity index (χ4v) is 12.6. The van der Waals surface area contributed by atoms with Crippen molar-refractivity contribution in [2.75, 3.05) is 6.61 Å². The topological polar surface area (TPSA) is 82.1 Å². The lowest BCUT2D eigenvalue weighted by Crippen LogP contribution is -2.64. The van der Waals surface area contributed by atoms with E-state index in [9.17, 15) is 14.7 Å². The Bertz CT molecular complexity index is 1110. The Balaban J connectivity index is 1.23. The number of fused-ring (bicyclic) bond motifs is 5. The lowest BCUT2D eigenvalue weighted by Gasteiger charge is -2.70. The van der Waals surface area contributed by atoms with Crippen molar-refractivity contribution in [1.29, 1.82) is 0 Å². The Morgan fingerprint density at radius 2 is 1.46 bits per heavy atom. The second kappa shape index (κ2) is 13.0. The fourth-order valence-electron chi connectivity index (χ4n) is 12.6. The van der Waals surface area contributed by atoms with Crippen LogP contribution >= 0.6 is 0 Å². The Hall–Kier alpha value is -1.14. The molecular formula is C40H68O6. The van der Waals surface area contributed by atoms with Gasteiger partial charge < -0.3 is 19.3 Å². The summed E-state index contributed by atoms with van der Waals surface area (Å²) in [5, 5.41) is 10.7. The van der Waals surface area contributed by atoms with E-state index in [0.29, 0.717) is 30.3 Å². The van der Waals surface area contributed by atoms with Crippen molar-refractivity contribution in [1.82, 2.24) is 0 Å². The number of ether oxygens (including phenoxy) is 3. The second-order valence-electron chi connectivity index (χ2n) is 18.6. The first-order chi connectivity index (χ1) is 21.4. The lowest BCUT2D eigenvalue weighted by molar-refractivity contribution is -0.232. The quantitative estimate of drug-likeness (QED) is 0.137. The smallest absolute Gasteiger partial charge is 0.317 e. The minimum absolute atomic E-state index is 0.0804. The maximum atomic E-state index is 13.0. The van der Waals surface area contributed by atoms with Gasteiger partial charge in [0.25, 0.3) is 0 Å². The van der Waals surface area contributed by atoms with E-state index in [-0.39, 0.29) is 45.9 Å². The largest absolute Gasteiger partial charge is 0.465 e. The monoisotopic (exact) mass is 645 g/mol. The molecule has 6 nitrogen and oxygen atoms in total. The maximum absolute atomic E-state index is 13.0. The lowest BCUT2D eigenvalue weighted by atomic mass is 9.35. The predicted octanol–water partition coefficient (Wildman–Crippen LogP) is 9.20. The van der Waals surface area contributed by atoms with Gasteiger partial charge in [0.2, 0.25) is 0 Å². The molecule has 5 fully saturated rings. The third kappa shape index (κ3) is 6.22. The third-order valence-electron chi connectivity index (χ3n) is 15.3. The molecule has 0 spiro atoms. The molecule has 1 aliphatic heterocycles. The number of carbonyl (C=O) groups excluding carboxylic acids is 2. The summed E-state index contributed by atoms with van der Waals surface area (Å²) in [7, 11) is 0. The van der Waals surface area contributed by atoms with E-state index in [1.807, 2.05) is 13.8 Å². The normalized spacial score (nSPS) is 43.3. The van der Waals surface area contributed by atoms with E-state index < -0.39 is 17.5 Å². The van der Waals surface area contributed by atoms with E-state index in [0.717, 1.165) is 51.4 Å². The van der Waals surface area contributed by atoms with Gasteiger partial charge in [-0.15, -0.1) is 0 Å². The maximum Gasteiger partial charge on any atom is 0.317 e. The molecule has 0 unspecified atom stereocenters. The first kappa shape index (κ1) is 36.1. The summed E-state index contributed by atoms with van der Waals surface area (Å²) in [6.45, 7) is 21.2. The zero-order valence-electron chi connectivity index (χ0n) is 31.0. The molecule has 0 radical (unpaired) electrons. The van der Waals surface area contributed by atoms with E-state index in [1.165, 1.54) is 44.9 Å². The van der Waals surface area contributed by atoms with Crippen molar-refractivity contribution in [3.63, 3.8) is 0 Å². The van der Waals surface area contributed by atoms with Gasteiger partial charge in [0.15, 0.2) is 0 Å². The van der Waals surface area contributed by atoms with Gasteiger partial charge in [0.05, 0.1) is 23.9 Å². The number of hydrogen-bond acceptors (Lipinski definition) is 6. The van der Waals surface area contributed by atoms with Crippen LogP contribution in [0.25, 0.3) is 0 Å². The molecule has 5 aliphatic rings. The van der Waals surface area contributed by atoms with Gasteiger partial charge in [-0.25, -0.2) is 0 Å². The van der Waals surface area contributed by atoms with E-state index in [4.69, 9.17) is 14.2 Å². The zero-order valence-corrected chi connectivity index (χ0v) is 31.0. The van der Waals surface area contributed by atoms with Gasteiger partial charge in [-0.2, -0.15) is 0 Å². The van der Waals surface area contributed by atoms with Gasteiger partial charge >= 0.3 is 11.9 Å². The molecule has 0 aromatic heterocycles. The molecule has 46 heavy (non-hydrogen) atoms. The van der Waals surface area contributed by atoms with Crippen LogP contribution in [0.4, 0.5) is 0 Å². The molecule has 1 saturated heterocycles. The van der Waals surface area contributed by atoms with Crippen molar-refractivity contribution >= 4 is 11.9 Å². The van der Waals surface area contributed by atoms with Crippen LogP contribution in [-0.2, 0) is 23.8 Å². The Kier molecular flexibility index (Phi) is 10.2. The molecule has 10 atom stereocenters. The van der Waals surface area contributed by atoms with Crippen molar-refractivity contribution in [2.45, 2.75) is 188 Å². The third-order valence-corrected chi connectivity index (χ3v) is 15.3. The molecule has 264 valence electrons. The molecule has 1 N–H and O–H groups in total. The highest BCUT2D eigenvalue weighted by molar-refractivity contribution is 5.91. The van der Waals surface area contributed by atoms with Gasteiger partial charge in [-0.3, -0.25) is 9.59 Å². The summed E-state index contributed by atoms with van der Waals surface area (Å²) in [5.41, 5.74) is -0.365. The molecule has 0 bridgehead atoms. The van der Waals surface area contributed by atoms with Gasteiger partial charge in [0, 0.05) is 5.41 Å². The molecule has 5 rings (SSSR count). The highest BCUT2D eigenvalue weighted by atomic mass is 16.6. The van der Waals surface area contributed by atoms with Crippen LogP contribution in [0.1, 0.15) is 165 Å². The molecule has 6 heteroatoms. The van der Waals surface area contributed by atoms with Crippen LogP contribution in [0.5, 0.6) is 0 Å². The Morgan fingerprint density at radius 1 is 0.761 bits per heavy atom. The summed E-state index contributed by atoms with van der Waals surface area (Å²) >= 11 is 0. The summed E-state index contributed by atoms with van der Waals surface area (Å²) in [4.78, 5) is 25.3. The summed E-state index contributed by atoms with van der Waals surface area (Å²) in [6, 6.07) is 0. The van der Waals surface area contributed by atoms with Gasteiger partial charge in [0.1, 0.15) is 12.5 Å². The van der Waals surface area contributed by atoms with Crippen molar-refractivity contribution in [3.05, 3.63) is 0 Å². The first-order valence-corrected chi connectivity index (χ1v) is 19.2. The van der Waals surface area contributed by atoms with Gasteiger partial charge in [-0.05, 0) is 131 Å². The molecular weight excluding hydrogens is 576 g/mol. The number of aliphatic hydroxyl groups is 1. The average Bonchev–Trinajstić information content (AvgIpc) is 3.54. The van der Waals surface area contributed by atoms with Crippen molar-refractivity contribution < 1.29 is 28.9 Å². The molecule has 0 aromatic carbocycles. The van der Waals surface area contributed by atoms with Crippen LogP contribution in [0.15, 0.2) is 0 Å². The molecule has 0 amide bonds. The molecule has 1 heterocycles. The minimum Gasteiger partial charge on any atom is -0.465 e. The number of carbonyl (C=O) groups is 2. The standard InChI is InChI=1S/C40H68O6/c1-10-11-12-13-14-25-44-33(41)26-34(42)45-31-19-21-37(6)29(35(31,2)3)18-23-39(8)30(37)16-15-27-28(17-22-38(27,39)7)40(9)24-20-32(46-40)36(4,5)43/h27-32,43H,10-26H2,1-9H3/t27-,28+,29+,30-,31-,32-,37+,38-,39-,40+/m1/s1. The second-order valence-corrected chi connectivity index (χ2v) is 18.6. The van der Waals surface area contributed by atoms with Crippen LogP contribution in [0, 0.1) is 45.3 Å². The summed E-state index contributed by atoms with van der Waals surface area (Å²) in [6.07, 6.45) is 16.2. The van der Waals surface area contributed by atoms with Crippen LogP contribution in [-0.4, -0.2) is 47.1 Å². The Labute approximate surface area is 280 Å². The van der Waals surface area contributed by atoms with Crippen LogP contribution < -0.4 is 0 Å². The zero-order chi connectivity index (χ0) is 33.8. The van der Waals surface area contributed by atoms with E-state index >= 15 is 0 Å². The minimum atomic E-state index is -0.799. The summed E-state index contributed by atoms with van der Waals surface area (Å²) in [5.74, 6) is 1.43. The number of rotatable bonds is 11. The number of unbranched alkanes of at least 4 members (excludes halogenated alkanes) is 4. The highest BCUT2D eigenvalue weighted by Crippen LogP contribution is 2.76. The molecule has 4 saturated carbocycles. The first-order valence-electron chi connectivity index (χ1n) is 19.2.